The minimum absolute atomic E-state index is 0.0246. The van der Waals surface area contributed by atoms with E-state index in [1.807, 2.05) is 30.3 Å². The molecule has 0 radical (unpaired) electrons. The summed E-state index contributed by atoms with van der Waals surface area (Å²) in [7, 11) is 0. The van der Waals surface area contributed by atoms with Crippen LogP contribution >= 0.6 is 0 Å². The zero-order chi connectivity index (χ0) is 19.9. The molecule has 0 atom stereocenters. The molecule has 3 rings (SSSR count). The fourth-order valence-electron chi connectivity index (χ4n) is 2.93. The molecule has 0 unspecified atom stereocenters. The molecule has 144 valence electrons. The molecule has 0 spiro atoms. The summed E-state index contributed by atoms with van der Waals surface area (Å²) in [6.45, 7) is 0.296. The zero-order valence-corrected chi connectivity index (χ0v) is 15.1. The van der Waals surface area contributed by atoms with Gasteiger partial charge in [-0.3, -0.25) is 4.79 Å². The summed E-state index contributed by atoms with van der Waals surface area (Å²) >= 11 is 0. The molecule has 1 aromatic heterocycles. The Kier molecular flexibility index (Phi) is 6.06. The van der Waals surface area contributed by atoms with E-state index in [4.69, 9.17) is 4.74 Å². The molecule has 0 aliphatic carbocycles. The van der Waals surface area contributed by atoms with E-state index in [1.54, 1.807) is 12.1 Å². The number of carbonyl (C=O) groups is 2. The van der Waals surface area contributed by atoms with Crippen molar-refractivity contribution in [3.05, 3.63) is 76.1 Å². The van der Waals surface area contributed by atoms with Gasteiger partial charge >= 0.3 is 6.09 Å². The van der Waals surface area contributed by atoms with Gasteiger partial charge < -0.3 is 24.5 Å². The van der Waals surface area contributed by atoms with Crippen LogP contribution in [-0.4, -0.2) is 40.5 Å². The van der Waals surface area contributed by atoms with Crippen LogP contribution in [0.25, 0.3) is 10.9 Å². The molecule has 0 saturated carbocycles. The average Bonchev–Trinajstić information content (AvgIpc) is 2.71. The summed E-state index contributed by atoms with van der Waals surface area (Å²) in [5.74, 6) is -0.0246. The summed E-state index contributed by atoms with van der Waals surface area (Å²) in [5.41, 5.74) is 1.72. The van der Waals surface area contributed by atoms with Gasteiger partial charge in [0.05, 0.1) is 12.1 Å². The predicted molar refractivity (Wildman–Crippen MR) is 104 cm³/mol. The number of aldehydes is 1. The van der Waals surface area contributed by atoms with Crippen LogP contribution in [0.4, 0.5) is 4.79 Å². The van der Waals surface area contributed by atoms with Gasteiger partial charge in [-0.15, -0.1) is 0 Å². The van der Waals surface area contributed by atoms with Gasteiger partial charge in [-0.1, -0.05) is 36.4 Å². The maximum absolute atomic E-state index is 12.3. The molecule has 3 aromatic rings. The van der Waals surface area contributed by atoms with Crippen LogP contribution in [0.1, 0.15) is 11.1 Å². The molecule has 28 heavy (non-hydrogen) atoms. The molecule has 0 saturated heterocycles. The molecular formula is C21H20N2O5. The van der Waals surface area contributed by atoms with Crippen LogP contribution in [0.2, 0.25) is 0 Å². The van der Waals surface area contributed by atoms with Crippen molar-refractivity contribution < 1.29 is 19.4 Å². The Morgan fingerprint density at radius 3 is 2.64 bits per heavy atom. The number of aromatic hydroxyl groups is 1. The van der Waals surface area contributed by atoms with Crippen molar-refractivity contribution in [2.75, 3.05) is 13.1 Å². The van der Waals surface area contributed by atoms with Crippen LogP contribution in [0.5, 0.6) is 5.75 Å². The number of phenolic OH excluding ortho intramolecular Hbond substituents is 1. The summed E-state index contributed by atoms with van der Waals surface area (Å²) in [5, 5.41) is 10.6. The van der Waals surface area contributed by atoms with Crippen molar-refractivity contribution in [3.8, 4) is 5.75 Å². The topological polar surface area (TPSA) is 99.7 Å². The third kappa shape index (κ3) is 4.56. The van der Waals surface area contributed by atoms with E-state index in [2.05, 4.69) is 4.98 Å². The summed E-state index contributed by atoms with van der Waals surface area (Å²) in [6, 6.07) is 15.5. The first-order valence-electron chi connectivity index (χ1n) is 8.81. The number of nitrogens with one attached hydrogen (secondary N) is 1. The maximum atomic E-state index is 12.3. The lowest BCUT2D eigenvalue weighted by atomic mass is 10.0. The van der Waals surface area contributed by atoms with E-state index in [9.17, 15) is 19.5 Å². The Morgan fingerprint density at radius 1 is 1.11 bits per heavy atom. The maximum Gasteiger partial charge on any atom is 0.410 e. The van der Waals surface area contributed by atoms with Gasteiger partial charge in [0.25, 0.3) is 0 Å². The molecule has 0 aliphatic heterocycles. The number of rotatable bonds is 7. The van der Waals surface area contributed by atoms with Gasteiger partial charge in [0, 0.05) is 18.0 Å². The number of hydrogen-bond donors (Lipinski definition) is 2. The number of nitrogens with zero attached hydrogens (tertiary/aromatic N) is 1. The first-order valence-corrected chi connectivity index (χ1v) is 8.81. The van der Waals surface area contributed by atoms with E-state index in [0.29, 0.717) is 23.6 Å². The first kappa shape index (κ1) is 19.2. The van der Waals surface area contributed by atoms with E-state index in [0.717, 1.165) is 11.1 Å². The highest BCUT2D eigenvalue weighted by molar-refractivity contribution is 5.87. The summed E-state index contributed by atoms with van der Waals surface area (Å²) in [6.07, 6.45) is 0.500. The van der Waals surface area contributed by atoms with Gasteiger partial charge in [-0.05, 0) is 29.7 Å². The first-order chi connectivity index (χ1) is 13.6. The molecule has 2 aromatic carbocycles. The normalized spacial score (nSPS) is 10.6. The molecule has 1 amide bonds. The fourth-order valence-corrected chi connectivity index (χ4v) is 2.93. The van der Waals surface area contributed by atoms with Crippen molar-refractivity contribution in [2.45, 2.75) is 13.0 Å². The lowest BCUT2D eigenvalue weighted by molar-refractivity contribution is -0.108. The number of ether oxygens (including phenoxy) is 1. The van der Waals surface area contributed by atoms with Crippen LogP contribution in [0.3, 0.4) is 0 Å². The van der Waals surface area contributed by atoms with Crippen molar-refractivity contribution >= 4 is 23.3 Å². The Hall–Kier alpha value is -3.61. The Morgan fingerprint density at radius 2 is 1.89 bits per heavy atom. The van der Waals surface area contributed by atoms with E-state index in [1.165, 1.54) is 17.0 Å². The standard InChI is InChI=1S/C21H20N2O5/c24-13-12-23(21(27)28-14-15-4-2-1-3-5-15)11-10-16-6-8-18(25)20-17(16)7-9-19(26)22-20/h1-9,13,25H,10-12,14H2,(H,22,26). The number of aromatic amines is 1. The zero-order valence-electron chi connectivity index (χ0n) is 15.1. The van der Waals surface area contributed by atoms with Crippen LogP contribution in [0, 0.1) is 0 Å². The number of pyridine rings is 1. The fraction of sp³-hybridized carbons (Fsp3) is 0.190. The van der Waals surface area contributed by atoms with Crippen LogP contribution < -0.4 is 5.56 Å². The van der Waals surface area contributed by atoms with Gasteiger partial charge in [0.15, 0.2) is 0 Å². The summed E-state index contributed by atoms with van der Waals surface area (Å²) < 4.78 is 5.29. The van der Waals surface area contributed by atoms with E-state index < -0.39 is 6.09 Å². The Labute approximate surface area is 161 Å². The van der Waals surface area contributed by atoms with Crippen molar-refractivity contribution in [3.63, 3.8) is 0 Å². The third-order valence-electron chi connectivity index (χ3n) is 4.37. The Bertz CT molecular complexity index is 1030. The van der Waals surface area contributed by atoms with Crippen LogP contribution in [0.15, 0.2) is 59.4 Å². The second-order valence-electron chi connectivity index (χ2n) is 6.26. The minimum Gasteiger partial charge on any atom is -0.506 e. The lowest BCUT2D eigenvalue weighted by Crippen LogP contribution is -2.35. The smallest absolute Gasteiger partial charge is 0.410 e. The lowest BCUT2D eigenvalue weighted by Gasteiger charge is -2.20. The largest absolute Gasteiger partial charge is 0.506 e. The average molecular weight is 380 g/mol. The van der Waals surface area contributed by atoms with Gasteiger partial charge in [-0.2, -0.15) is 0 Å². The predicted octanol–water partition coefficient (Wildman–Crippen LogP) is 2.61. The molecule has 0 aliphatic rings. The molecule has 2 N–H and O–H groups in total. The van der Waals surface area contributed by atoms with E-state index >= 15 is 0 Å². The number of fused-ring (bicyclic) bond motifs is 1. The van der Waals surface area contributed by atoms with Gasteiger partial charge in [0.2, 0.25) is 5.56 Å². The highest BCUT2D eigenvalue weighted by Gasteiger charge is 2.16. The number of amides is 1. The molecule has 7 nitrogen and oxygen atoms in total. The number of hydrogen-bond acceptors (Lipinski definition) is 5. The van der Waals surface area contributed by atoms with Gasteiger partial charge in [0.1, 0.15) is 18.6 Å². The highest BCUT2D eigenvalue weighted by Crippen LogP contribution is 2.25. The number of aromatic nitrogens is 1. The third-order valence-corrected chi connectivity index (χ3v) is 4.37. The van der Waals surface area contributed by atoms with Crippen molar-refractivity contribution in [1.82, 2.24) is 9.88 Å². The van der Waals surface area contributed by atoms with Crippen molar-refractivity contribution in [2.24, 2.45) is 0 Å². The number of carbonyl (C=O) groups excluding carboxylic acids is 2. The SMILES string of the molecule is O=CCN(CCc1ccc(O)c2[nH]c(=O)ccc12)C(=O)OCc1ccccc1. The van der Waals surface area contributed by atoms with Crippen molar-refractivity contribution in [1.29, 1.82) is 0 Å². The molecule has 0 fully saturated rings. The number of benzene rings is 2. The Balaban J connectivity index is 1.70. The van der Waals surface area contributed by atoms with E-state index in [-0.39, 0.29) is 31.0 Å². The minimum atomic E-state index is -0.576. The molecule has 0 bridgehead atoms. The monoisotopic (exact) mass is 380 g/mol. The van der Waals surface area contributed by atoms with Gasteiger partial charge in [-0.25, -0.2) is 4.79 Å². The second kappa shape index (κ2) is 8.85. The summed E-state index contributed by atoms with van der Waals surface area (Å²) in [4.78, 5) is 38.8. The molecular weight excluding hydrogens is 360 g/mol. The quantitative estimate of drug-likeness (QED) is 0.614. The second-order valence-corrected chi connectivity index (χ2v) is 6.26. The number of phenols is 1. The number of H-pyrrole nitrogens is 1. The molecule has 7 heteroatoms. The molecule has 1 heterocycles. The highest BCUT2D eigenvalue weighted by atomic mass is 16.6. The van der Waals surface area contributed by atoms with Crippen LogP contribution in [-0.2, 0) is 22.6 Å².